The van der Waals surface area contributed by atoms with Crippen molar-refractivity contribution in [2.45, 2.75) is 0 Å². The summed E-state index contributed by atoms with van der Waals surface area (Å²) >= 11 is 11.8. The van der Waals surface area contributed by atoms with Crippen LogP contribution >= 0.6 is 23.2 Å². The van der Waals surface area contributed by atoms with E-state index in [4.69, 9.17) is 32.7 Å². The minimum absolute atomic E-state index is 0.118. The second-order valence-corrected chi connectivity index (χ2v) is 4.86. The quantitative estimate of drug-likeness (QED) is 0.774. The van der Waals surface area contributed by atoms with Crippen molar-refractivity contribution < 1.29 is 14.3 Å². The maximum atomic E-state index is 12.0. The predicted octanol–water partition coefficient (Wildman–Crippen LogP) is 4.26. The lowest BCUT2D eigenvalue weighted by molar-refractivity contribution is 0.0921. The summed E-state index contributed by atoms with van der Waals surface area (Å²) in [7, 11) is 1.57. The van der Waals surface area contributed by atoms with E-state index in [0.29, 0.717) is 27.1 Å². The van der Waals surface area contributed by atoms with Gasteiger partial charge in [0.1, 0.15) is 11.5 Å². The molecule has 5 heteroatoms. The Balaban J connectivity index is 2.06. The summed E-state index contributed by atoms with van der Waals surface area (Å²) in [6, 6.07) is 11.8. The number of ether oxygens (including phenoxy) is 2. The Morgan fingerprint density at radius 3 is 2.60 bits per heavy atom. The summed E-state index contributed by atoms with van der Waals surface area (Å²) < 4.78 is 10.5. The first-order valence-corrected chi connectivity index (χ1v) is 6.61. The number of Topliss-reactive ketones (excluding diaryl/α,β-unsaturated/α-hetero) is 1. The molecule has 0 saturated heterocycles. The van der Waals surface area contributed by atoms with Crippen LogP contribution in [0, 0.1) is 0 Å². The van der Waals surface area contributed by atoms with Crippen LogP contribution in [0.25, 0.3) is 0 Å². The number of halogens is 2. The molecule has 3 nitrogen and oxygen atoms in total. The van der Waals surface area contributed by atoms with Crippen molar-refractivity contribution in [3.8, 4) is 11.5 Å². The van der Waals surface area contributed by atoms with Gasteiger partial charge in [0.2, 0.25) is 5.78 Å². The highest BCUT2D eigenvalue weighted by Gasteiger charge is 2.12. The fourth-order valence-electron chi connectivity index (χ4n) is 1.63. The Bertz CT molecular complexity index is 626. The molecule has 2 rings (SSSR count). The summed E-state index contributed by atoms with van der Waals surface area (Å²) in [5, 5.41) is 0.813. The summed E-state index contributed by atoms with van der Waals surface area (Å²) in [5.74, 6) is 0.979. The van der Waals surface area contributed by atoms with Gasteiger partial charge < -0.3 is 9.47 Å². The summed E-state index contributed by atoms with van der Waals surface area (Å²) in [6.45, 7) is -0.118. The van der Waals surface area contributed by atoms with E-state index in [1.165, 1.54) is 6.07 Å². The van der Waals surface area contributed by atoms with Crippen molar-refractivity contribution in [3.05, 3.63) is 58.1 Å². The van der Waals surface area contributed by atoms with Crippen molar-refractivity contribution >= 4 is 29.0 Å². The molecular formula is C15H12Cl2O3. The maximum Gasteiger partial charge on any atom is 0.201 e. The number of methoxy groups -OCH3 is 1. The summed E-state index contributed by atoms with van der Waals surface area (Å²) in [4.78, 5) is 12.0. The van der Waals surface area contributed by atoms with Crippen LogP contribution < -0.4 is 9.47 Å². The van der Waals surface area contributed by atoms with Crippen molar-refractivity contribution in [1.29, 1.82) is 0 Å². The number of benzene rings is 2. The third-order valence-corrected chi connectivity index (χ3v) is 3.20. The molecule has 0 bridgehead atoms. The number of carbonyl (C=O) groups excluding carboxylic acids is 1. The summed E-state index contributed by atoms with van der Waals surface area (Å²) in [5.41, 5.74) is 0.349. The Labute approximate surface area is 127 Å². The molecule has 2 aromatic carbocycles. The van der Waals surface area contributed by atoms with Crippen LogP contribution in [0.2, 0.25) is 10.0 Å². The monoisotopic (exact) mass is 310 g/mol. The molecule has 20 heavy (non-hydrogen) atoms. The Morgan fingerprint density at radius 1 is 1.10 bits per heavy atom. The van der Waals surface area contributed by atoms with E-state index >= 15 is 0 Å². The highest BCUT2D eigenvalue weighted by Crippen LogP contribution is 2.22. The van der Waals surface area contributed by atoms with E-state index in [2.05, 4.69) is 0 Å². The number of carbonyl (C=O) groups is 1. The molecule has 104 valence electrons. The molecule has 0 spiro atoms. The van der Waals surface area contributed by atoms with Crippen molar-refractivity contribution in [3.63, 3.8) is 0 Å². The van der Waals surface area contributed by atoms with Crippen LogP contribution in [0.1, 0.15) is 10.4 Å². The first-order valence-electron chi connectivity index (χ1n) is 5.85. The van der Waals surface area contributed by atoms with Gasteiger partial charge >= 0.3 is 0 Å². The van der Waals surface area contributed by atoms with Crippen LogP contribution in [-0.4, -0.2) is 19.5 Å². The molecule has 0 amide bonds. The van der Waals surface area contributed by atoms with E-state index in [0.717, 1.165) is 0 Å². The molecule has 0 unspecified atom stereocenters. The minimum atomic E-state index is -0.236. The molecule has 2 aromatic rings. The fraction of sp³-hybridized carbons (Fsp3) is 0.133. The topological polar surface area (TPSA) is 35.5 Å². The van der Waals surface area contributed by atoms with Gasteiger partial charge in [-0.2, -0.15) is 0 Å². The Kier molecular flexibility index (Phi) is 4.88. The average molecular weight is 311 g/mol. The molecule has 0 fully saturated rings. The Hall–Kier alpha value is -1.71. The normalized spacial score (nSPS) is 10.2. The van der Waals surface area contributed by atoms with Crippen LogP contribution in [0.4, 0.5) is 0 Å². The van der Waals surface area contributed by atoms with Crippen LogP contribution in [0.15, 0.2) is 42.5 Å². The Morgan fingerprint density at radius 2 is 1.85 bits per heavy atom. The summed E-state index contributed by atoms with van der Waals surface area (Å²) in [6.07, 6.45) is 0. The molecule has 0 aliphatic carbocycles. The first-order chi connectivity index (χ1) is 9.60. The zero-order chi connectivity index (χ0) is 14.5. The van der Waals surface area contributed by atoms with Gasteiger partial charge in [-0.05, 0) is 30.3 Å². The van der Waals surface area contributed by atoms with Gasteiger partial charge in [-0.25, -0.2) is 0 Å². The molecular weight excluding hydrogens is 299 g/mol. The number of hydrogen-bond acceptors (Lipinski definition) is 3. The zero-order valence-corrected chi connectivity index (χ0v) is 12.2. The molecule has 0 heterocycles. The highest BCUT2D eigenvalue weighted by molar-refractivity contribution is 6.35. The van der Waals surface area contributed by atoms with Gasteiger partial charge in [0.05, 0.1) is 12.1 Å². The molecule has 0 N–H and O–H groups in total. The molecule has 0 atom stereocenters. The highest BCUT2D eigenvalue weighted by atomic mass is 35.5. The second-order valence-electron chi connectivity index (χ2n) is 4.02. The van der Waals surface area contributed by atoms with Gasteiger partial charge in [0.15, 0.2) is 6.61 Å². The fourth-order valence-corrected chi connectivity index (χ4v) is 2.02. The molecule has 0 aromatic heterocycles. The molecule has 0 radical (unpaired) electrons. The van der Waals surface area contributed by atoms with Crippen LogP contribution in [-0.2, 0) is 0 Å². The van der Waals surface area contributed by atoms with Gasteiger partial charge in [-0.3, -0.25) is 4.79 Å². The maximum absolute atomic E-state index is 12.0. The van der Waals surface area contributed by atoms with Crippen LogP contribution in [0.3, 0.4) is 0 Å². The lowest BCUT2D eigenvalue weighted by Crippen LogP contribution is -2.12. The van der Waals surface area contributed by atoms with Crippen LogP contribution in [0.5, 0.6) is 11.5 Å². The average Bonchev–Trinajstić information content (AvgIpc) is 2.47. The minimum Gasteiger partial charge on any atom is -0.497 e. The second kappa shape index (κ2) is 6.64. The van der Waals surface area contributed by atoms with Gasteiger partial charge in [0, 0.05) is 16.7 Å². The number of ketones is 1. The van der Waals surface area contributed by atoms with Gasteiger partial charge in [-0.1, -0.05) is 29.3 Å². The van der Waals surface area contributed by atoms with E-state index in [9.17, 15) is 4.79 Å². The lowest BCUT2D eigenvalue weighted by Gasteiger charge is -2.08. The number of rotatable bonds is 5. The van der Waals surface area contributed by atoms with Crippen molar-refractivity contribution in [1.82, 2.24) is 0 Å². The zero-order valence-electron chi connectivity index (χ0n) is 10.7. The lowest BCUT2D eigenvalue weighted by atomic mass is 10.1. The van der Waals surface area contributed by atoms with E-state index in [-0.39, 0.29) is 12.4 Å². The van der Waals surface area contributed by atoms with Gasteiger partial charge in [0.25, 0.3) is 0 Å². The van der Waals surface area contributed by atoms with Crippen molar-refractivity contribution in [2.75, 3.05) is 13.7 Å². The third-order valence-electron chi connectivity index (χ3n) is 2.64. The van der Waals surface area contributed by atoms with E-state index in [1.807, 2.05) is 0 Å². The SMILES string of the molecule is COc1cccc(OCC(=O)c2cc(Cl)ccc2Cl)c1. The predicted molar refractivity (Wildman–Crippen MR) is 79.3 cm³/mol. The molecule has 0 aliphatic heterocycles. The largest absolute Gasteiger partial charge is 0.497 e. The van der Waals surface area contributed by atoms with Gasteiger partial charge in [-0.15, -0.1) is 0 Å². The third kappa shape index (κ3) is 3.65. The molecule has 0 aliphatic rings. The first kappa shape index (κ1) is 14.7. The standard InChI is InChI=1S/C15H12Cl2O3/c1-19-11-3-2-4-12(8-11)20-9-15(18)13-7-10(16)5-6-14(13)17/h2-8H,9H2,1H3. The molecule has 0 saturated carbocycles. The van der Waals surface area contributed by atoms with Crippen molar-refractivity contribution in [2.24, 2.45) is 0 Å². The smallest absolute Gasteiger partial charge is 0.201 e. The van der Waals surface area contributed by atoms with E-state index < -0.39 is 0 Å². The number of hydrogen-bond donors (Lipinski definition) is 0. The van der Waals surface area contributed by atoms with E-state index in [1.54, 1.807) is 43.5 Å².